The molecule has 2 aliphatic rings. The van der Waals surface area contributed by atoms with Gasteiger partial charge in [-0.15, -0.1) is 0 Å². The Hall–Kier alpha value is -0.0900. The highest BCUT2D eigenvalue weighted by Gasteiger charge is 2.42. The van der Waals surface area contributed by atoms with Crippen LogP contribution >= 0.6 is 0 Å². The Bertz CT molecular complexity index is 360. The van der Waals surface area contributed by atoms with E-state index in [0.717, 1.165) is 51.4 Å². The van der Waals surface area contributed by atoms with E-state index in [2.05, 4.69) is 6.92 Å². The molecule has 2 N–H and O–H groups in total. The predicted octanol–water partition coefficient (Wildman–Crippen LogP) is 2.50. The molecule has 0 aromatic heterocycles. The van der Waals surface area contributed by atoms with Gasteiger partial charge in [-0.05, 0) is 44.1 Å². The third-order valence-corrected chi connectivity index (χ3v) is 7.93. The van der Waals surface area contributed by atoms with Crippen molar-refractivity contribution in [1.29, 1.82) is 0 Å². The van der Waals surface area contributed by atoms with Gasteiger partial charge in [-0.3, -0.25) is 0 Å². The first-order valence-electron chi connectivity index (χ1n) is 7.52. The standard InChI is InChI=1S/C14H27NO2S/c1-2-11-7-8-12(10-15)14(9-11)18(16,17)13-5-3-4-6-13/h11-14H,2-10,15H2,1H3. The molecule has 0 bridgehead atoms. The number of hydrogen-bond donors (Lipinski definition) is 1. The maximum Gasteiger partial charge on any atom is 0.156 e. The van der Waals surface area contributed by atoms with Gasteiger partial charge in [0.25, 0.3) is 0 Å². The summed E-state index contributed by atoms with van der Waals surface area (Å²) in [6.07, 6.45) is 8.06. The van der Waals surface area contributed by atoms with E-state index in [0.29, 0.717) is 12.5 Å². The minimum absolute atomic E-state index is 0.0628. The molecule has 106 valence electrons. The van der Waals surface area contributed by atoms with Crippen molar-refractivity contribution < 1.29 is 8.42 Å². The van der Waals surface area contributed by atoms with Gasteiger partial charge in [0.2, 0.25) is 0 Å². The molecule has 2 rings (SSSR count). The summed E-state index contributed by atoms with van der Waals surface area (Å²) in [4.78, 5) is 0. The zero-order chi connectivity index (χ0) is 13.2. The second-order valence-corrected chi connectivity index (χ2v) is 8.57. The van der Waals surface area contributed by atoms with Crippen LogP contribution in [0.5, 0.6) is 0 Å². The molecule has 0 saturated heterocycles. The van der Waals surface area contributed by atoms with Crippen molar-refractivity contribution in [3.8, 4) is 0 Å². The molecular formula is C14H27NO2S. The Labute approximate surface area is 111 Å². The van der Waals surface area contributed by atoms with Crippen LogP contribution in [0.4, 0.5) is 0 Å². The van der Waals surface area contributed by atoms with Crippen LogP contribution in [0.1, 0.15) is 58.3 Å². The first-order valence-corrected chi connectivity index (χ1v) is 9.13. The average Bonchev–Trinajstić information content (AvgIpc) is 2.92. The number of hydrogen-bond acceptors (Lipinski definition) is 3. The number of rotatable bonds is 4. The third kappa shape index (κ3) is 2.74. The van der Waals surface area contributed by atoms with Crippen molar-refractivity contribution in [3.63, 3.8) is 0 Å². The molecule has 0 aromatic carbocycles. The van der Waals surface area contributed by atoms with Gasteiger partial charge in [0.05, 0.1) is 10.5 Å². The summed E-state index contributed by atoms with van der Waals surface area (Å²) in [6.45, 7) is 2.71. The zero-order valence-corrected chi connectivity index (χ0v) is 12.3. The van der Waals surface area contributed by atoms with Crippen LogP contribution in [-0.2, 0) is 9.84 Å². The lowest BCUT2D eigenvalue weighted by molar-refractivity contribution is 0.274. The van der Waals surface area contributed by atoms with Gasteiger partial charge >= 0.3 is 0 Å². The molecule has 2 fully saturated rings. The Kier molecular flexibility index (Phi) is 4.70. The van der Waals surface area contributed by atoms with Crippen LogP contribution in [0.15, 0.2) is 0 Å². The fourth-order valence-electron chi connectivity index (χ4n) is 3.78. The molecule has 0 amide bonds. The first kappa shape index (κ1) is 14.3. The van der Waals surface area contributed by atoms with Gasteiger partial charge in [0.15, 0.2) is 9.84 Å². The molecule has 0 spiro atoms. The fourth-order valence-corrected chi connectivity index (χ4v) is 6.59. The van der Waals surface area contributed by atoms with Crippen LogP contribution in [0, 0.1) is 11.8 Å². The van der Waals surface area contributed by atoms with E-state index in [9.17, 15) is 8.42 Å². The Morgan fingerprint density at radius 2 is 1.78 bits per heavy atom. The number of sulfone groups is 1. The van der Waals surface area contributed by atoms with Crippen molar-refractivity contribution in [1.82, 2.24) is 0 Å². The number of nitrogens with two attached hydrogens (primary N) is 1. The normalized spacial score (nSPS) is 34.9. The second-order valence-electron chi connectivity index (χ2n) is 6.12. The van der Waals surface area contributed by atoms with Crippen LogP contribution in [0.3, 0.4) is 0 Å². The Morgan fingerprint density at radius 3 is 2.33 bits per heavy atom. The molecule has 0 radical (unpaired) electrons. The SMILES string of the molecule is CCC1CCC(CN)C(S(=O)(=O)C2CCCC2)C1. The van der Waals surface area contributed by atoms with Crippen molar-refractivity contribution >= 4 is 9.84 Å². The van der Waals surface area contributed by atoms with Gasteiger partial charge in [-0.2, -0.15) is 0 Å². The summed E-state index contributed by atoms with van der Waals surface area (Å²) in [5, 5.41) is -0.212. The van der Waals surface area contributed by atoms with E-state index in [1.54, 1.807) is 0 Å². The lowest BCUT2D eigenvalue weighted by Gasteiger charge is -2.36. The van der Waals surface area contributed by atoms with Crippen molar-refractivity contribution in [2.45, 2.75) is 68.8 Å². The molecule has 3 nitrogen and oxygen atoms in total. The molecule has 0 aromatic rings. The average molecular weight is 273 g/mol. The van der Waals surface area contributed by atoms with Gasteiger partial charge in [-0.1, -0.05) is 32.6 Å². The van der Waals surface area contributed by atoms with E-state index in [1.165, 1.54) is 0 Å². The molecule has 2 saturated carbocycles. The van der Waals surface area contributed by atoms with E-state index < -0.39 is 9.84 Å². The first-order chi connectivity index (χ1) is 8.59. The minimum atomic E-state index is -2.95. The van der Waals surface area contributed by atoms with Gasteiger partial charge in [-0.25, -0.2) is 8.42 Å². The van der Waals surface area contributed by atoms with Crippen LogP contribution in [0.2, 0.25) is 0 Å². The quantitative estimate of drug-likeness (QED) is 0.856. The van der Waals surface area contributed by atoms with E-state index in [1.807, 2.05) is 0 Å². The van der Waals surface area contributed by atoms with E-state index >= 15 is 0 Å². The molecule has 3 atom stereocenters. The molecule has 0 aliphatic heterocycles. The summed E-state index contributed by atoms with van der Waals surface area (Å²) in [5.41, 5.74) is 5.81. The summed E-state index contributed by atoms with van der Waals surface area (Å²) in [5.74, 6) is 0.798. The lowest BCUT2D eigenvalue weighted by atomic mass is 9.80. The summed E-state index contributed by atoms with van der Waals surface area (Å²) < 4.78 is 25.5. The highest BCUT2D eigenvalue weighted by atomic mass is 32.2. The minimum Gasteiger partial charge on any atom is -0.330 e. The van der Waals surface area contributed by atoms with E-state index in [4.69, 9.17) is 5.73 Å². The highest BCUT2D eigenvalue weighted by Crippen LogP contribution is 2.38. The van der Waals surface area contributed by atoms with Gasteiger partial charge < -0.3 is 5.73 Å². The van der Waals surface area contributed by atoms with Gasteiger partial charge in [0.1, 0.15) is 0 Å². The second kappa shape index (κ2) is 5.91. The highest BCUT2D eigenvalue weighted by molar-refractivity contribution is 7.92. The Morgan fingerprint density at radius 1 is 1.11 bits per heavy atom. The third-order valence-electron chi connectivity index (χ3n) is 5.11. The van der Waals surface area contributed by atoms with Crippen molar-refractivity contribution in [2.75, 3.05) is 6.54 Å². The fraction of sp³-hybridized carbons (Fsp3) is 1.00. The van der Waals surface area contributed by atoms with Gasteiger partial charge in [0, 0.05) is 0 Å². The molecule has 18 heavy (non-hydrogen) atoms. The summed E-state index contributed by atoms with van der Waals surface area (Å²) >= 11 is 0. The molecule has 4 heteroatoms. The molecular weight excluding hydrogens is 246 g/mol. The summed E-state index contributed by atoms with van der Waals surface area (Å²) in [6, 6.07) is 0. The Balaban J connectivity index is 2.16. The zero-order valence-electron chi connectivity index (χ0n) is 11.5. The van der Waals surface area contributed by atoms with Crippen molar-refractivity contribution in [2.24, 2.45) is 17.6 Å². The smallest absolute Gasteiger partial charge is 0.156 e. The molecule has 2 aliphatic carbocycles. The topological polar surface area (TPSA) is 60.2 Å². The monoisotopic (exact) mass is 273 g/mol. The molecule has 3 unspecified atom stereocenters. The van der Waals surface area contributed by atoms with E-state index in [-0.39, 0.29) is 16.4 Å². The van der Waals surface area contributed by atoms with Crippen LogP contribution in [-0.4, -0.2) is 25.5 Å². The van der Waals surface area contributed by atoms with Crippen LogP contribution < -0.4 is 5.73 Å². The molecule has 0 heterocycles. The maximum absolute atomic E-state index is 12.8. The largest absolute Gasteiger partial charge is 0.330 e. The lowest BCUT2D eigenvalue weighted by Crippen LogP contribution is -2.43. The summed E-state index contributed by atoms with van der Waals surface area (Å²) in [7, 11) is -2.95. The van der Waals surface area contributed by atoms with Crippen LogP contribution in [0.25, 0.3) is 0 Å². The maximum atomic E-state index is 12.8. The predicted molar refractivity (Wildman–Crippen MR) is 75.1 cm³/mol. The van der Waals surface area contributed by atoms with Crippen molar-refractivity contribution in [3.05, 3.63) is 0 Å².